The number of H-pyrrole nitrogens is 2. The maximum atomic E-state index is 12.6. The van der Waals surface area contributed by atoms with Crippen LogP contribution in [0.3, 0.4) is 0 Å². The van der Waals surface area contributed by atoms with Crippen molar-refractivity contribution >= 4 is 34.7 Å². The van der Waals surface area contributed by atoms with Crippen LogP contribution in [0.2, 0.25) is 0 Å². The number of fused-ring (bicyclic) bond motifs is 1. The molecule has 5 rings (SSSR count). The van der Waals surface area contributed by atoms with Crippen LogP contribution in [0.15, 0.2) is 79.3 Å². The normalized spacial score (nSPS) is 10.7. The molecule has 10 heteroatoms. The first-order valence-corrected chi connectivity index (χ1v) is 10.4. The number of rotatable bonds is 7. The molecule has 0 fully saturated rings. The largest absolute Gasteiger partial charge is 0.487 e. The summed E-state index contributed by atoms with van der Waals surface area (Å²) in [5.74, 6) is 0.252. The number of imidazole rings is 2. The molecule has 0 saturated heterocycles. The monoisotopic (exact) mass is 453 g/mol. The fourth-order valence-electron chi connectivity index (χ4n) is 3.30. The topological polar surface area (TPSA) is 138 Å². The van der Waals surface area contributed by atoms with Gasteiger partial charge in [-0.3, -0.25) is 20.2 Å². The molecule has 3 heterocycles. The summed E-state index contributed by atoms with van der Waals surface area (Å²) >= 11 is 0. The van der Waals surface area contributed by atoms with Gasteiger partial charge < -0.3 is 14.7 Å². The van der Waals surface area contributed by atoms with E-state index in [0.29, 0.717) is 34.9 Å². The first-order chi connectivity index (χ1) is 16.7. The fraction of sp³-hybridized carbons (Fsp3) is 0.0417. The lowest BCUT2D eigenvalue weighted by Crippen LogP contribution is -2.15. The van der Waals surface area contributed by atoms with Crippen LogP contribution in [0.5, 0.6) is 5.75 Å². The Kier molecular flexibility index (Phi) is 5.68. The minimum atomic E-state index is -0.449. The van der Waals surface area contributed by atoms with Crippen molar-refractivity contribution in [2.45, 2.75) is 6.61 Å². The first-order valence-electron chi connectivity index (χ1n) is 10.4. The first kappa shape index (κ1) is 20.9. The fourth-order valence-corrected chi connectivity index (χ4v) is 3.30. The number of pyridine rings is 1. The van der Waals surface area contributed by atoms with Crippen LogP contribution in [-0.2, 0) is 6.61 Å². The zero-order valence-corrected chi connectivity index (χ0v) is 17.8. The van der Waals surface area contributed by atoms with E-state index < -0.39 is 5.91 Å². The lowest BCUT2D eigenvalue weighted by molar-refractivity contribution is 0.101. The Labute approximate surface area is 193 Å². The van der Waals surface area contributed by atoms with Crippen molar-refractivity contribution in [3.63, 3.8) is 0 Å². The van der Waals surface area contributed by atoms with E-state index in [0.717, 1.165) is 5.56 Å². The number of amides is 2. The van der Waals surface area contributed by atoms with Crippen molar-refractivity contribution in [3.8, 4) is 5.75 Å². The summed E-state index contributed by atoms with van der Waals surface area (Å²) in [7, 11) is 0. The number of benzene rings is 2. The van der Waals surface area contributed by atoms with E-state index in [-0.39, 0.29) is 17.5 Å². The Balaban J connectivity index is 1.26. The Hall–Kier alpha value is -4.99. The van der Waals surface area contributed by atoms with E-state index in [1.165, 1.54) is 12.4 Å². The lowest BCUT2D eigenvalue weighted by Gasteiger charge is -2.06. The third kappa shape index (κ3) is 4.60. The summed E-state index contributed by atoms with van der Waals surface area (Å²) in [6.07, 6.45) is 4.64. The smallest absolute Gasteiger partial charge is 0.276 e. The molecule has 2 aromatic carbocycles. The van der Waals surface area contributed by atoms with Gasteiger partial charge in [0.05, 0.1) is 17.3 Å². The summed E-state index contributed by atoms with van der Waals surface area (Å²) in [5.41, 5.74) is 2.58. The van der Waals surface area contributed by atoms with Gasteiger partial charge in [-0.2, -0.15) is 0 Å². The van der Waals surface area contributed by atoms with Crippen LogP contribution in [-0.4, -0.2) is 36.7 Å². The Morgan fingerprint density at radius 1 is 0.882 bits per heavy atom. The third-order valence-corrected chi connectivity index (χ3v) is 4.94. The zero-order valence-electron chi connectivity index (χ0n) is 17.8. The van der Waals surface area contributed by atoms with Gasteiger partial charge in [0.2, 0.25) is 11.9 Å². The standard InChI is InChI=1S/C24H19N7O3/c32-21(30-23-25-11-12-26-23)17-7-4-8-18-20(17)29-24(28-18)31-22(33)19-10-9-16(13-27-19)34-14-15-5-2-1-3-6-15/h1-13H,14H2,(H2,25,26,30,32)(H2,28,29,31,33). The highest BCUT2D eigenvalue weighted by atomic mass is 16.5. The molecule has 168 valence electrons. The molecule has 0 aliphatic carbocycles. The SMILES string of the molecule is O=C(Nc1nc2c(C(=O)Nc3ncc[nH]3)cccc2[nH]1)c1ccc(OCc2ccccc2)cn1. The third-order valence-electron chi connectivity index (χ3n) is 4.94. The lowest BCUT2D eigenvalue weighted by atomic mass is 10.2. The average Bonchev–Trinajstić information content (AvgIpc) is 3.52. The Morgan fingerprint density at radius 2 is 1.74 bits per heavy atom. The molecular weight excluding hydrogens is 434 g/mol. The summed E-state index contributed by atoms with van der Waals surface area (Å²) in [5, 5.41) is 5.34. The van der Waals surface area contributed by atoms with Crippen LogP contribution >= 0.6 is 0 Å². The minimum absolute atomic E-state index is 0.198. The summed E-state index contributed by atoms with van der Waals surface area (Å²) < 4.78 is 5.70. The van der Waals surface area contributed by atoms with Gasteiger partial charge in [-0.15, -0.1) is 0 Å². The highest BCUT2D eigenvalue weighted by Crippen LogP contribution is 2.20. The van der Waals surface area contributed by atoms with Gasteiger partial charge in [-0.25, -0.2) is 15.0 Å². The predicted molar refractivity (Wildman–Crippen MR) is 126 cm³/mol. The van der Waals surface area contributed by atoms with Crippen molar-refractivity contribution in [1.82, 2.24) is 24.9 Å². The van der Waals surface area contributed by atoms with Crippen molar-refractivity contribution in [1.29, 1.82) is 0 Å². The molecule has 0 radical (unpaired) electrons. The van der Waals surface area contributed by atoms with Crippen molar-refractivity contribution in [2.75, 3.05) is 10.6 Å². The van der Waals surface area contributed by atoms with E-state index in [1.54, 1.807) is 36.5 Å². The van der Waals surface area contributed by atoms with Gasteiger partial charge in [0, 0.05) is 12.4 Å². The molecular formula is C24H19N7O3. The molecule has 34 heavy (non-hydrogen) atoms. The van der Waals surface area contributed by atoms with Crippen LogP contribution in [0.25, 0.3) is 11.0 Å². The maximum Gasteiger partial charge on any atom is 0.276 e. The summed E-state index contributed by atoms with van der Waals surface area (Å²) in [4.78, 5) is 43.6. The quantitative estimate of drug-likeness (QED) is 0.296. The van der Waals surface area contributed by atoms with E-state index in [9.17, 15) is 9.59 Å². The maximum absolute atomic E-state index is 12.6. The number of hydrogen-bond donors (Lipinski definition) is 4. The number of carbonyl (C=O) groups is 2. The molecule has 10 nitrogen and oxygen atoms in total. The molecule has 2 amide bonds. The van der Waals surface area contributed by atoms with Crippen molar-refractivity contribution in [3.05, 3.63) is 96.1 Å². The van der Waals surface area contributed by atoms with Gasteiger partial charge in [0.15, 0.2) is 0 Å². The van der Waals surface area contributed by atoms with Gasteiger partial charge >= 0.3 is 0 Å². The number of anilines is 2. The average molecular weight is 453 g/mol. The second-order valence-corrected chi connectivity index (χ2v) is 7.29. The van der Waals surface area contributed by atoms with E-state index >= 15 is 0 Å². The molecule has 0 saturated carbocycles. The second kappa shape index (κ2) is 9.25. The number of nitrogens with one attached hydrogen (secondary N) is 4. The molecule has 0 unspecified atom stereocenters. The van der Waals surface area contributed by atoms with E-state index in [1.807, 2.05) is 30.3 Å². The summed E-state index contributed by atoms with van der Waals surface area (Å²) in [6, 6.07) is 18.1. The van der Waals surface area contributed by atoms with Gasteiger partial charge in [0.1, 0.15) is 23.6 Å². The summed E-state index contributed by atoms with van der Waals surface area (Å²) in [6.45, 7) is 0.406. The zero-order chi connectivity index (χ0) is 23.3. The molecule has 0 spiro atoms. The van der Waals surface area contributed by atoms with Gasteiger partial charge in [-0.05, 0) is 29.8 Å². The van der Waals surface area contributed by atoms with Crippen molar-refractivity contribution in [2.24, 2.45) is 0 Å². The Bertz CT molecular complexity index is 1430. The second-order valence-electron chi connectivity index (χ2n) is 7.29. The molecule has 4 N–H and O–H groups in total. The molecule has 3 aromatic heterocycles. The molecule has 0 bridgehead atoms. The van der Waals surface area contributed by atoms with Crippen LogP contribution in [0.4, 0.5) is 11.9 Å². The highest BCUT2D eigenvalue weighted by Gasteiger charge is 2.16. The number of hydrogen-bond acceptors (Lipinski definition) is 6. The number of carbonyl (C=O) groups excluding carboxylic acids is 2. The number of aromatic nitrogens is 5. The predicted octanol–water partition coefficient (Wildman–Crippen LogP) is 3.76. The van der Waals surface area contributed by atoms with Crippen LogP contribution < -0.4 is 15.4 Å². The van der Waals surface area contributed by atoms with E-state index in [2.05, 4.69) is 35.6 Å². The van der Waals surface area contributed by atoms with Crippen LogP contribution in [0.1, 0.15) is 26.4 Å². The molecule has 0 aliphatic rings. The number of para-hydroxylation sites is 1. The molecule has 0 aliphatic heterocycles. The molecule has 5 aromatic rings. The number of ether oxygens (including phenoxy) is 1. The molecule has 0 atom stereocenters. The van der Waals surface area contributed by atoms with E-state index in [4.69, 9.17) is 4.74 Å². The Morgan fingerprint density at radius 3 is 2.50 bits per heavy atom. The van der Waals surface area contributed by atoms with Crippen LogP contribution in [0, 0.1) is 0 Å². The number of aromatic amines is 2. The minimum Gasteiger partial charge on any atom is -0.487 e. The van der Waals surface area contributed by atoms with Crippen molar-refractivity contribution < 1.29 is 14.3 Å². The highest BCUT2D eigenvalue weighted by molar-refractivity contribution is 6.11. The van der Waals surface area contributed by atoms with Gasteiger partial charge in [0.25, 0.3) is 11.8 Å². The number of nitrogens with zero attached hydrogens (tertiary/aromatic N) is 3. The van der Waals surface area contributed by atoms with Gasteiger partial charge in [-0.1, -0.05) is 36.4 Å².